The number of anilines is 2. The molecule has 4 aliphatic heterocycles. The smallest absolute Gasteiger partial charge is 0.318 e. The van der Waals surface area contributed by atoms with Gasteiger partial charge >= 0.3 is 6.01 Å². The largest absolute Gasteiger partial charge is 0.461 e. The predicted octanol–water partition coefficient (Wildman–Crippen LogP) is 3.94. The maximum absolute atomic E-state index is 14.4. The second-order valence-electron chi connectivity index (χ2n) is 13.3. The molecule has 4 fully saturated rings. The molecule has 8 nitrogen and oxygen atoms in total. The van der Waals surface area contributed by atoms with Gasteiger partial charge in [0, 0.05) is 49.1 Å². The number of alkyl halides is 1. The minimum Gasteiger partial charge on any atom is -0.461 e. The lowest BCUT2D eigenvalue weighted by atomic mass is 9.74. The minimum absolute atomic E-state index is 0.231. The third-order valence-corrected chi connectivity index (χ3v) is 10.6. The Morgan fingerprint density at radius 1 is 1.12 bits per heavy atom. The molecule has 6 aliphatic rings. The van der Waals surface area contributed by atoms with Crippen molar-refractivity contribution in [2.45, 2.75) is 81.7 Å². The first-order valence-electron chi connectivity index (χ1n) is 15.2. The molecule has 40 heavy (non-hydrogen) atoms. The summed E-state index contributed by atoms with van der Waals surface area (Å²) in [6, 6.07) is 6.66. The first kappa shape index (κ1) is 25.2. The van der Waals surface area contributed by atoms with Crippen LogP contribution >= 0.6 is 0 Å². The SMILES string of the molecule is Nc1ccc2c(c1)[C@]1(CCC2)Cc2nc(OC[C@@]34CCCN3C[C@H](F)C4)nc(N3CCOCC4(CC4)C3)c2CO1. The Kier molecular flexibility index (Phi) is 5.84. The van der Waals surface area contributed by atoms with Gasteiger partial charge in [0.05, 0.1) is 36.7 Å². The van der Waals surface area contributed by atoms with E-state index < -0.39 is 11.8 Å². The van der Waals surface area contributed by atoms with Crippen molar-refractivity contribution in [2.24, 2.45) is 5.41 Å². The van der Waals surface area contributed by atoms with E-state index in [1.54, 1.807) is 0 Å². The summed E-state index contributed by atoms with van der Waals surface area (Å²) >= 11 is 0. The maximum atomic E-state index is 14.4. The Morgan fingerprint density at radius 3 is 2.95 bits per heavy atom. The highest BCUT2D eigenvalue weighted by Crippen LogP contribution is 2.50. The number of halogens is 1. The van der Waals surface area contributed by atoms with E-state index in [0.29, 0.717) is 45.2 Å². The lowest BCUT2D eigenvalue weighted by Crippen LogP contribution is -2.44. The Balaban J connectivity index is 1.16. The summed E-state index contributed by atoms with van der Waals surface area (Å²) in [5.74, 6) is 0.922. The van der Waals surface area contributed by atoms with Crippen molar-refractivity contribution in [2.75, 3.05) is 56.6 Å². The van der Waals surface area contributed by atoms with Crippen LogP contribution in [-0.4, -0.2) is 72.6 Å². The Labute approximate surface area is 235 Å². The van der Waals surface area contributed by atoms with Crippen molar-refractivity contribution in [3.8, 4) is 6.01 Å². The standard InChI is InChI=1S/C31H40FN5O3/c32-22-14-30(6-2-10-37(30)16-22)20-39-28-34-26-15-31(7-1-3-21-4-5-23(33)13-25(21)31)40-17-24(26)27(35-28)36-11-12-38-19-29(18-36)8-9-29/h4-5,13,22H,1-3,6-12,14-20,33H2/t22-,30+,31+/m1/s1. The van der Waals surface area contributed by atoms with Gasteiger partial charge in [0.1, 0.15) is 18.6 Å². The lowest BCUT2D eigenvalue weighted by Gasteiger charge is -2.43. The van der Waals surface area contributed by atoms with Crippen LogP contribution in [0.3, 0.4) is 0 Å². The molecule has 8 rings (SSSR count). The van der Waals surface area contributed by atoms with Crippen LogP contribution in [0.15, 0.2) is 18.2 Å². The molecule has 2 spiro atoms. The van der Waals surface area contributed by atoms with Crippen molar-refractivity contribution in [1.82, 2.24) is 14.9 Å². The fourth-order valence-electron chi connectivity index (χ4n) is 8.22. The monoisotopic (exact) mass is 549 g/mol. The molecule has 3 atom stereocenters. The topological polar surface area (TPSA) is 86.0 Å². The zero-order chi connectivity index (χ0) is 27.0. The molecule has 0 radical (unpaired) electrons. The van der Waals surface area contributed by atoms with Crippen LogP contribution < -0.4 is 15.4 Å². The van der Waals surface area contributed by atoms with Gasteiger partial charge in [-0.1, -0.05) is 6.07 Å². The highest BCUT2D eigenvalue weighted by Gasteiger charge is 2.50. The van der Waals surface area contributed by atoms with Crippen molar-refractivity contribution >= 4 is 11.5 Å². The number of aromatic nitrogens is 2. The molecule has 0 amide bonds. The Hall–Kier alpha value is -2.49. The van der Waals surface area contributed by atoms with E-state index in [0.717, 1.165) is 81.1 Å². The number of hydrogen-bond acceptors (Lipinski definition) is 8. The van der Waals surface area contributed by atoms with E-state index in [4.69, 9.17) is 29.9 Å². The van der Waals surface area contributed by atoms with Crippen LogP contribution in [0, 0.1) is 5.41 Å². The van der Waals surface area contributed by atoms with Gasteiger partial charge in [-0.25, -0.2) is 4.39 Å². The zero-order valence-corrected chi connectivity index (χ0v) is 23.3. The van der Waals surface area contributed by atoms with Crippen LogP contribution in [0.5, 0.6) is 6.01 Å². The van der Waals surface area contributed by atoms with Gasteiger partial charge in [-0.3, -0.25) is 4.90 Å². The molecule has 1 saturated carbocycles. The maximum Gasteiger partial charge on any atom is 0.318 e. The molecular formula is C31H40FN5O3. The number of hydrogen-bond donors (Lipinski definition) is 1. The molecule has 1 aromatic heterocycles. The molecule has 2 aliphatic carbocycles. The van der Waals surface area contributed by atoms with Crippen LogP contribution in [-0.2, 0) is 34.5 Å². The third-order valence-electron chi connectivity index (χ3n) is 10.6. The number of rotatable bonds is 4. The summed E-state index contributed by atoms with van der Waals surface area (Å²) in [5, 5.41) is 0. The van der Waals surface area contributed by atoms with Gasteiger partial charge in [-0.05, 0) is 74.8 Å². The highest BCUT2D eigenvalue weighted by molar-refractivity contribution is 5.54. The van der Waals surface area contributed by atoms with E-state index in [2.05, 4.69) is 21.9 Å². The fraction of sp³-hybridized carbons (Fsp3) is 0.677. The van der Waals surface area contributed by atoms with E-state index in [-0.39, 0.29) is 11.0 Å². The third kappa shape index (κ3) is 4.19. The average Bonchev–Trinajstić information content (AvgIpc) is 3.57. The molecule has 0 bridgehead atoms. The molecular weight excluding hydrogens is 509 g/mol. The first-order chi connectivity index (χ1) is 19.4. The summed E-state index contributed by atoms with van der Waals surface area (Å²) < 4.78 is 33.7. The second-order valence-corrected chi connectivity index (χ2v) is 13.3. The highest BCUT2D eigenvalue weighted by atomic mass is 19.1. The van der Waals surface area contributed by atoms with E-state index in [1.807, 2.05) is 6.07 Å². The van der Waals surface area contributed by atoms with Crippen molar-refractivity contribution in [1.29, 1.82) is 0 Å². The Bertz CT molecular complexity index is 1320. The lowest BCUT2D eigenvalue weighted by molar-refractivity contribution is -0.0855. The molecule has 2 aromatic rings. The molecule has 1 aromatic carbocycles. The fourth-order valence-corrected chi connectivity index (χ4v) is 8.22. The van der Waals surface area contributed by atoms with Crippen LogP contribution in [0.2, 0.25) is 0 Å². The predicted molar refractivity (Wildman–Crippen MR) is 149 cm³/mol. The van der Waals surface area contributed by atoms with Gasteiger partial charge in [-0.2, -0.15) is 9.97 Å². The summed E-state index contributed by atoms with van der Waals surface area (Å²) in [6.45, 7) is 5.57. The van der Waals surface area contributed by atoms with E-state index >= 15 is 0 Å². The first-order valence-corrected chi connectivity index (χ1v) is 15.2. The number of nitrogen functional groups attached to an aromatic ring is 1. The normalized spacial score (nSPS) is 32.5. The molecule has 214 valence electrons. The van der Waals surface area contributed by atoms with Crippen molar-refractivity contribution in [3.05, 3.63) is 40.6 Å². The summed E-state index contributed by atoms with van der Waals surface area (Å²) in [4.78, 5) is 14.8. The molecule has 3 saturated heterocycles. The van der Waals surface area contributed by atoms with Gasteiger partial charge < -0.3 is 24.8 Å². The van der Waals surface area contributed by atoms with Crippen LogP contribution in [0.25, 0.3) is 0 Å². The van der Waals surface area contributed by atoms with Crippen LogP contribution in [0.4, 0.5) is 15.9 Å². The molecule has 9 heteroatoms. The second kappa shape index (κ2) is 9.26. The van der Waals surface area contributed by atoms with Gasteiger partial charge in [0.2, 0.25) is 0 Å². The van der Waals surface area contributed by atoms with E-state index in [9.17, 15) is 4.39 Å². The van der Waals surface area contributed by atoms with Crippen LogP contribution in [0.1, 0.15) is 67.3 Å². The van der Waals surface area contributed by atoms with Crippen molar-refractivity contribution < 1.29 is 18.6 Å². The quantitative estimate of drug-likeness (QED) is 0.575. The summed E-state index contributed by atoms with van der Waals surface area (Å²) in [5.41, 5.74) is 11.2. The Morgan fingerprint density at radius 2 is 2.05 bits per heavy atom. The minimum atomic E-state index is -0.786. The van der Waals surface area contributed by atoms with Gasteiger partial charge in [0.25, 0.3) is 0 Å². The number of nitrogens with zero attached hydrogens (tertiary/aromatic N) is 4. The van der Waals surface area contributed by atoms with Gasteiger partial charge in [-0.15, -0.1) is 0 Å². The van der Waals surface area contributed by atoms with E-state index in [1.165, 1.54) is 24.0 Å². The molecule has 5 heterocycles. The molecule has 0 unspecified atom stereocenters. The summed E-state index contributed by atoms with van der Waals surface area (Å²) in [7, 11) is 0. The number of nitrogens with two attached hydrogens (primary N) is 1. The number of aryl methyl sites for hydroxylation is 1. The van der Waals surface area contributed by atoms with Crippen molar-refractivity contribution in [3.63, 3.8) is 0 Å². The molecule has 2 N–H and O–H groups in total. The number of ether oxygens (including phenoxy) is 3. The zero-order valence-electron chi connectivity index (χ0n) is 23.3. The summed E-state index contributed by atoms with van der Waals surface area (Å²) in [6.07, 6.45) is 7.92. The number of benzene rings is 1. The average molecular weight is 550 g/mol. The number of fused-ring (bicyclic) bond motifs is 4. The van der Waals surface area contributed by atoms with Gasteiger partial charge in [0.15, 0.2) is 0 Å².